The molecule has 0 aliphatic rings. The van der Waals surface area contributed by atoms with Crippen LogP contribution in [0.3, 0.4) is 0 Å². The van der Waals surface area contributed by atoms with Gasteiger partial charge in [0.25, 0.3) is 0 Å². The molecule has 0 spiro atoms. The summed E-state index contributed by atoms with van der Waals surface area (Å²) in [4.78, 5) is 10.3. The Bertz CT molecular complexity index is 76.4. The molecule has 0 radical (unpaired) electrons. The number of carbonyl (C=O) groups excluding carboxylic acids is 1. The average Bonchev–Trinajstić information content (AvgIpc) is 1.83. The van der Waals surface area contributed by atoms with Crippen molar-refractivity contribution in [3.8, 4) is 0 Å². The van der Waals surface area contributed by atoms with Gasteiger partial charge >= 0.3 is 5.97 Å². The second-order valence-electron chi connectivity index (χ2n) is 1.37. The summed E-state index contributed by atoms with van der Waals surface area (Å²) < 4.78 is 4.38. The molecule has 0 aliphatic carbocycles. The van der Waals surface area contributed by atoms with Gasteiger partial charge in [-0.15, -0.1) is 0 Å². The summed E-state index contributed by atoms with van der Waals surface area (Å²) in [6, 6.07) is 0.841. The van der Waals surface area contributed by atoms with Crippen molar-refractivity contribution in [2.75, 3.05) is 7.11 Å². The number of carbonyl (C=O) groups is 1. The third-order valence-corrected chi connectivity index (χ3v) is 2.16. The Kier molecular flexibility index (Phi) is 5.11. The van der Waals surface area contributed by atoms with E-state index < -0.39 is 8.83 Å². The second kappa shape index (κ2) is 5.12. The number of ether oxygens (including phenoxy) is 1. The van der Waals surface area contributed by atoms with Crippen LogP contribution in [0.1, 0.15) is 6.42 Å². The van der Waals surface area contributed by atoms with Crippen molar-refractivity contribution in [3.63, 3.8) is 0 Å². The second-order valence-corrected chi connectivity index (χ2v) is 3.59. The molecule has 4 heteroatoms. The van der Waals surface area contributed by atoms with Crippen LogP contribution in [0.25, 0.3) is 0 Å². The van der Waals surface area contributed by atoms with Gasteiger partial charge in [0.2, 0.25) is 0 Å². The van der Waals surface area contributed by atoms with E-state index in [1.54, 1.807) is 0 Å². The lowest BCUT2D eigenvalue weighted by Crippen LogP contribution is -1.99. The maximum absolute atomic E-state index is 10.3. The number of methoxy groups -OCH3 is 1. The summed E-state index contributed by atoms with van der Waals surface area (Å²) in [5.74, 6) is -0.154. The number of rotatable bonds is 3. The van der Waals surface area contributed by atoms with E-state index in [0.29, 0.717) is 6.42 Å². The molecule has 0 atom stereocenters. The Morgan fingerprint density at radius 1 is 1.88 bits per heavy atom. The molecule has 0 aromatic heterocycles. The van der Waals surface area contributed by atoms with Gasteiger partial charge in [0, 0.05) is 6.42 Å². The number of hydrogen-bond donors (Lipinski definition) is 0. The largest absolute Gasteiger partial charge is 0.469 e. The molecule has 0 amide bonds. The molecule has 0 N–H and O–H groups in total. The molecule has 0 fully saturated rings. The highest BCUT2D eigenvalue weighted by molar-refractivity contribution is 6.93. The molecule has 0 aromatic rings. The Balaban J connectivity index is 2.99. The van der Waals surface area contributed by atoms with E-state index in [2.05, 4.69) is 4.74 Å². The molecule has 0 aliphatic heterocycles. The van der Waals surface area contributed by atoms with E-state index in [1.165, 1.54) is 7.11 Å². The molecule has 0 saturated heterocycles. The average molecular weight is 153 g/mol. The van der Waals surface area contributed by atoms with Crippen LogP contribution < -0.4 is 0 Å². The minimum Gasteiger partial charge on any atom is -0.469 e. The van der Waals surface area contributed by atoms with Crippen LogP contribution in [-0.4, -0.2) is 21.9 Å². The SMILES string of the molecule is COC(=O)CC[SiH2]Cl. The normalized spacial score (nSPS) is 10.2. The molecular weight excluding hydrogens is 144 g/mol. The lowest BCUT2D eigenvalue weighted by atomic mass is 10.5. The Hall–Kier alpha value is -0.0231. The standard InChI is InChI=1S/C4H9ClO2Si/c1-7-4(6)2-3-8-5/h2-3,8H2,1H3. The first-order chi connectivity index (χ1) is 3.81. The van der Waals surface area contributed by atoms with E-state index >= 15 is 0 Å². The van der Waals surface area contributed by atoms with Crippen molar-refractivity contribution >= 4 is 25.9 Å². The van der Waals surface area contributed by atoms with Gasteiger partial charge in [0.1, 0.15) is 8.83 Å². The highest BCUT2D eigenvalue weighted by Gasteiger charge is 1.96. The summed E-state index contributed by atoms with van der Waals surface area (Å²) in [6.45, 7) is 0. The van der Waals surface area contributed by atoms with Crippen LogP contribution in [-0.2, 0) is 9.53 Å². The van der Waals surface area contributed by atoms with E-state index in [0.717, 1.165) is 6.04 Å². The zero-order valence-electron chi connectivity index (χ0n) is 4.82. The lowest BCUT2D eigenvalue weighted by Gasteiger charge is -1.92. The van der Waals surface area contributed by atoms with Gasteiger partial charge in [-0.2, -0.15) is 11.1 Å². The van der Waals surface area contributed by atoms with Crippen LogP contribution in [0.2, 0.25) is 6.04 Å². The van der Waals surface area contributed by atoms with E-state index in [-0.39, 0.29) is 5.97 Å². The van der Waals surface area contributed by atoms with Gasteiger partial charge in [0.05, 0.1) is 7.11 Å². The molecule has 48 valence electrons. The number of esters is 1. The molecule has 0 aromatic carbocycles. The van der Waals surface area contributed by atoms with Gasteiger partial charge in [0.15, 0.2) is 0 Å². The van der Waals surface area contributed by atoms with Crippen molar-refractivity contribution in [1.29, 1.82) is 0 Å². The topological polar surface area (TPSA) is 26.3 Å². The molecule has 8 heavy (non-hydrogen) atoms. The Morgan fingerprint density at radius 3 is 2.88 bits per heavy atom. The molecule has 0 saturated carbocycles. The van der Waals surface area contributed by atoms with Gasteiger partial charge < -0.3 is 4.74 Å². The first kappa shape index (κ1) is 7.98. The van der Waals surface area contributed by atoms with E-state index in [9.17, 15) is 4.79 Å². The number of hydrogen-bond acceptors (Lipinski definition) is 2. The Morgan fingerprint density at radius 2 is 2.50 bits per heavy atom. The molecule has 2 nitrogen and oxygen atoms in total. The fourth-order valence-corrected chi connectivity index (χ4v) is 1.14. The zero-order chi connectivity index (χ0) is 6.41. The van der Waals surface area contributed by atoms with Crippen molar-refractivity contribution in [1.82, 2.24) is 0 Å². The smallest absolute Gasteiger partial charge is 0.305 e. The summed E-state index contributed by atoms with van der Waals surface area (Å²) in [6.07, 6.45) is 0.492. The summed E-state index contributed by atoms with van der Waals surface area (Å²) in [5, 5.41) is 0. The van der Waals surface area contributed by atoms with Crippen LogP contribution in [0.4, 0.5) is 0 Å². The van der Waals surface area contributed by atoms with Crippen molar-refractivity contribution in [3.05, 3.63) is 0 Å². The van der Waals surface area contributed by atoms with Crippen molar-refractivity contribution < 1.29 is 9.53 Å². The maximum Gasteiger partial charge on any atom is 0.305 e. The summed E-state index contributed by atoms with van der Waals surface area (Å²) in [7, 11) is 0.920. The zero-order valence-corrected chi connectivity index (χ0v) is 6.99. The first-order valence-electron chi connectivity index (χ1n) is 2.44. The predicted octanol–water partition coefficient (Wildman–Crippen LogP) is 0.290. The molecule has 0 heterocycles. The van der Waals surface area contributed by atoms with Crippen LogP contribution in [0.15, 0.2) is 0 Å². The summed E-state index contributed by atoms with van der Waals surface area (Å²) >= 11 is 5.43. The molecule has 0 unspecified atom stereocenters. The highest BCUT2D eigenvalue weighted by atomic mass is 35.6. The van der Waals surface area contributed by atoms with Crippen molar-refractivity contribution in [2.24, 2.45) is 0 Å². The van der Waals surface area contributed by atoms with Gasteiger partial charge in [-0.1, -0.05) is 0 Å². The number of halogens is 1. The minimum atomic E-state index is -0.467. The maximum atomic E-state index is 10.3. The van der Waals surface area contributed by atoms with Gasteiger partial charge in [-0.25, -0.2) is 0 Å². The minimum absolute atomic E-state index is 0.154. The molecular formula is C4H9ClO2Si. The molecule has 0 bridgehead atoms. The monoisotopic (exact) mass is 152 g/mol. The van der Waals surface area contributed by atoms with Gasteiger partial charge in [-0.3, -0.25) is 4.79 Å². The third kappa shape index (κ3) is 4.14. The van der Waals surface area contributed by atoms with E-state index in [4.69, 9.17) is 11.1 Å². The first-order valence-corrected chi connectivity index (χ1v) is 5.58. The highest BCUT2D eigenvalue weighted by Crippen LogP contribution is 1.91. The molecule has 0 rings (SSSR count). The van der Waals surface area contributed by atoms with E-state index in [1.807, 2.05) is 0 Å². The van der Waals surface area contributed by atoms with Gasteiger partial charge in [-0.05, 0) is 6.04 Å². The summed E-state index contributed by atoms with van der Waals surface area (Å²) in [5.41, 5.74) is 0. The third-order valence-electron chi connectivity index (χ3n) is 0.742. The van der Waals surface area contributed by atoms with Crippen LogP contribution in [0.5, 0.6) is 0 Å². The predicted molar refractivity (Wildman–Crippen MR) is 35.8 cm³/mol. The van der Waals surface area contributed by atoms with Crippen LogP contribution in [0, 0.1) is 0 Å². The quantitative estimate of drug-likeness (QED) is 0.330. The lowest BCUT2D eigenvalue weighted by molar-refractivity contribution is -0.140. The van der Waals surface area contributed by atoms with Crippen molar-refractivity contribution in [2.45, 2.75) is 12.5 Å². The fourth-order valence-electron chi connectivity index (χ4n) is 0.313. The fraction of sp³-hybridized carbons (Fsp3) is 0.750. The Labute approximate surface area is 55.7 Å². The van der Waals surface area contributed by atoms with Crippen LogP contribution >= 0.6 is 11.1 Å².